The van der Waals surface area contributed by atoms with Gasteiger partial charge in [0, 0.05) is 11.0 Å². The molecule has 1 saturated carbocycles. The number of nitrogens with zero attached hydrogens (tertiary/aromatic N) is 1. The standard InChI is InChI=1S/C10H19NO/c1-9(8-12)4-3-7-11(2)10(9)5-6-10/h12H,3-8H2,1-2H3. The van der Waals surface area contributed by atoms with E-state index in [0.29, 0.717) is 12.1 Å². The number of rotatable bonds is 1. The van der Waals surface area contributed by atoms with E-state index in [9.17, 15) is 5.11 Å². The van der Waals surface area contributed by atoms with Crippen molar-refractivity contribution in [2.45, 2.75) is 38.1 Å². The highest BCUT2D eigenvalue weighted by Gasteiger charge is 2.60. The molecule has 1 aliphatic carbocycles. The zero-order valence-electron chi connectivity index (χ0n) is 8.14. The molecule has 2 heteroatoms. The molecule has 1 spiro atoms. The van der Waals surface area contributed by atoms with Gasteiger partial charge in [0.05, 0.1) is 6.61 Å². The number of aliphatic hydroxyl groups excluding tert-OH is 1. The largest absolute Gasteiger partial charge is 0.396 e. The number of hydrogen-bond donors (Lipinski definition) is 1. The minimum Gasteiger partial charge on any atom is -0.396 e. The molecular formula is C10H19NO. The van der Waals surface area contributed by atoms with Gasteiger partial charge in [0.2, 0.25) is 0 Å². The molecule has 0 radical (unpaired) electrons. The van der Waals surface area contributed by atoms with Crippen LogP contribution in [-0.4, -0.2) is 35.7 Å². The van der Waals surface area contributed by atoms with Crippen molar-refractivity contribution in [2.75, 3.05) is 20.2 Å². The third kappa shape index (κ3) is 0.882. The minimum absolute atomic E-state index is 0.181. The predicted octanol–water partition coefficient (Wildman–Crippen LogP) is 1.24. The molecule has 2 nitrogen and oxygen atoms in total. The van der Waals surface area contributed by atoms with E-state index in [1.807, 2.05) is 0 Å². The predicted molar refractivity (Wildman–Crippen MR) is 49.0 cm³/mol. The van der Waals surface area contributed by atoms with Gasteiger partial charge in [0.25, 0.3) is 0 Å². The van der Waals surface area contributed by atoms with Gasteiger partial charge >= 0.3 is 0 Å². The second-order valence-corrected chi connectivity index (χ2v) is 4.78. The van der Waals surface area contributed by atoms with Crippen LogP contribution in [-0.2, 0) is 0 Å². The van der Waals surface area contributed by atoms with Crippen LogP contribution in [0.3, 0.4) is 0 Å². The van der Waals surface area contributed by atoms with Crippen molar-refractivity contribution in [3.05, 3.63) is 0 Å². The maximum atomic E-state index is 9.42. The lowest BCUT2D eigenvalue weighted by Crippen LogP contribution is -2.53. The first-order chi connectivity index (χ1) is 5.65. The Balaban J connectivity index is 2.22. The van der Waals surface area contributed by atoms with Gasteiger partial charge in [-0.05, 0) is 39.3 Å². The van der Waals surface area contributed by atoms with Crippen molar-refractivity contribution in [2.24, 2.45) is 5.41 Å². The van der Waals surface area contributed by atoms with Crippen molar-refractivity contribution < 1.29 is 5.11 Å². The fourth-order valence-electron chi connectivity index (χ4n) is 2.94. The summed E-state index contributed by atoms with van der Waals surface area (Å²) in [5.41, 5.74) is 0.556. The fourth-order valence-corrected chi connectivity index (χ4v) is 2.94. The zero-order valence-corrected chi connectivity index (χ0v) is 8.14. The van der Waals surface area contributed by atoms with Gasteiger partial charge in [-0.2, -0.15) is 0 Å². The molecule has 0 aromatic carbocycles. The summed E-state index contributed by atoms with van der Waals surface area (Å²) in [5, 5.41) is 9.42. The topological polar surface area (TPSA) is 23.5 Å². The average molecular weight is 169 g/mol. The quantitative estimate of drug-likeness (QED) is 0.638. The molecule has 0 bridgehead atoms. The molecule has 1 heterocycles. The molecule has 0 amide bonds. The van der Waals surface area contributed by atoms with Gasteiger partial charge in [-0.3, -0.25) is 0 Å². The maximum Gasteiger partial charge on any atom is 0.0502 e. The monoisotopic (exact) mass is 169 g/mol. The van der Waals surface area contributed by atoms with Gasteiger partial charge in [-0.15, -0.1) is 0 Å². The second-order valence-electron chi connectivity index (χ2n) is 4.78. The van der Waals surface area contributed by atoms with Crippen molar-refractivity contribution in [1.82, 2.24) is 4.90 Å². The Morgan fingerprint density at radius 2 is 2.00 bits per heavy atom. The van der Waals surface area contributed by atoms with Crippen LogP contribution in [0.15, 0.2) is 0 Å². The Hall–Kier alpha value is -0.0800. The molecule has 0 aromatic rings. The van der Waals surface area contributed by atoms with Crippen LogP contribution in [0.2, 0.25) is 0 Å². The zero-order chi connectivity index (χ0) is 8.82. The van der Waals surface area contributed by atoms with Crippen molar-refractivity contribution in [1.29, 1.82) is 0 Å². The summed E-state index contributed by atoms with van der Waals surface area (Å²) in [4.78, 5) is 2.46. The molecule has 70 valence electrons. The lowest BCUT2D eigenvalue weighted by Gasteiger charge is -2.47. The smallest absolute Gasteiger partial charge is 0.0502 e. The van der Waals surface area contributed by atoms with Crippen LogP contribution in [0, 0.1) is 5.41 Å². The number of hydrogen-bond acceptors (Lipinski definition) is 2. The molecule has 2 fully saturated rings. The molecule has 0 aromatic heterocycles. The highest BCUT2D eigenvalue weighted by molar-refractivity contribution is 5.15. The van der Waals surface area contributed by atoms with Crippen LogP contribution in [0.5, 0.6) is 0 Å². The maximum absolute atomic E-state index is 9.42. The molecule has 1 N–H and O–H groups in total. The summed E-state index contributed by atoms with van der Waals surface area (Å²) in [6.07, 6.45) is 5.03. The van der Waals surface area contributed by atoms with Gasteiger partial charge in [-0.25, -0.2) is 0 Å². The van der Waals surface area contributed by atoms with Crippen molar-refractivity contribution in [3.63, 3.8) is 0 Å². The van der Waals surface area contributed by atoms with E-state index in [-0.39, 0.29) is 5.41 Å². The van der Waals surface area contributed by atoms with Crippen LogP contribution in [0.4, 0.5) is 0 Å². The molecule has 12 heavy (non-hydrogen) atoms. The summed E-state index contributed by atoms with van der Waals surface area (Å²) in [6, 6.07) is 0. The summed E-state index contributed by atoms with van der Waals surface area (Å²) in [5.74, 6) is 0. The third-order valence-electron chi connectivity index (χ3n) is 4.15. The van der Waals surface area contributed by atoms with E-state index < -0.39 is 0 Å². The highest BCUT2D eigenvalue weighted by Crippen LogP contribution is 2.57. The lowest BCUT2D eigenvalue weighted by molar-refractivity contribution is -0.0178. The summed E-state index contributed by atoms with van der Waals surface area (Å²) >= 11 is 0. The number of aliphatic hydroxyl groups is 1. The Bertz CT molecular complexity index is 188. The average Bonchev–Trinajstić information content (AvgIpc) is 2.82. The lowest BCUT2D eigenvalue weighted by atomic mass is 9.73. The van der Waals surface area contributed by atoms with E-state index in [1.165, 1.54) is 32.2 Å². The Morgan fingerprint density at radius 1 is 1.33 bits per heavy atom. The van der Waals surface area contributed by atoms with Crippen LogP contribution in [0.1, 0.15) is 32.6 Å². The molecule has 1 atom stereocenters. The summed E-state index contributed by atoms with van der Waals surface area (Å²) in [7, 11) is 2.21. The van der Waals surface area contributed by atoms with E-state index in [2.05, 4.69) is 18.9 Å². The second kappa shape index (κ2) is 2.46. The summed E-state index contributed by atoms with van der Waals surface area (Å²) in [6.45, 7) is 3.82. The Kier molecular flexibility index (Phi) is 1.74. The van der Waals surface area contributed by atoms with Gasteiger partial charge in [-0.1, -0.05) is 6.92 Å². The molecule has 1 saturated heterocycles. The molecule has 1 unspecified atom stereocenters. The number of likely N-dealkylation sites (tertiary alicyclic amines) is 1. The minimum atomic E-state index is 0.181. The van der Waals surface area contributed by atoms with E-state index >= 15 is 0 Å². The van der Waals surface area contributed by atoms with Crippen LogP contribution < -0.4 is 0 Å². The molecular weight excluding hydrogens is 150 g/mol. The van der Waals surface area contributed by atoms with Gasteiger partial charge < -0.3 is 10.0 Å². The first-order valence-corrected chi connectivity index (χ1v) is 4.97. The van der Waals surface area contributed by atoms with E-state index in [0.717, 1.165) is 0 Å². The Labute approximate surface area is 74.6 Å². The number of piperidine rings is 1. The first-order valence-electron chi connectivity index (χ1n) is 4.97. The van der Waals surface area contributed by atoms with Crippen molar-refractivity contribution in [3.8, 4) is 0 Å². The third-order valence-corrected chi connectivity index (χ3v) is 4.15. The molecule has 1 aliphatic heterocycles. The van der Waals surface area contributed by atoms with E-state index in [1.54, 1.807) is 0 Å². The first kappa shape index (κ1) is 8.52. The van der Waals surface area contributed by atoms with Crippen molar-refractivity contribution >= 4 is 0 Å². The van der Waals surface area contributed by atoms with Crippen LogP contribution >= 0.6 is 0 Å². The molecule has 2 aliphatic rings. The van der Waals surface area contributed by atoms with Crippen LogP contribution in [0.25, 0.3) is 0 Å². The summed E-state index contributed by atoms with van der Waals surface area (Å²) < 4.78 is 0. The Morgan fingerprint density at radius 3 is 2.42 bits per heavy atom. The van der Waals surface area contributed by atoms with Gasteiger partial charge in [0.1, 0.15) is 0 Å². The normalized spacial score (nSPS) is 40.2. The highest BCUT2D eigenvalue weighted by atomic mass is 16.3. The molecule has 2 rings (SSSR count). The fraction of sp³-hybridized carbons (Fsp3) is 1.00. The SMILES string of the molecule is CN1CCCC(C)(CO)C12CC2. The van der Waals surface area contributed by atoms with E-state index in [4.69, 9.17) is 0 Å². The van der Waals surface area contributed by atoms with Gasteiger partial charge in [0.15, 0.2) is 0 Å².